The maximum Gasteiger partial charge on any atom is 0.217 e. The van der Waals surface area contributed by atoms with E-state index in [1.807, 2.05) is 0 Å². The van der Waals surface area contributed by atoms with Crippen molar-refractivity contribution in [3.05, 3.63) is 29.3 Å². The van der Waals surface area contributed by atoms with Crippen molar-refractivity contribution < 1.29 is 14.3 Å². The molecular weight excluding hydrogens is 519 g/mol. The molecule has 0 bridgehead atoms. The second-order valence-corrected chi connectivity index (χ2v) is 8.89. The molecule has 2 saturated heterocycles. The van der Waals surface area contributed by atoms with Gasteiger partial charge in [0.1, 0.15) is 5.75 Å². The molecule has 2 aliphatic rings. The lowest BCUT2D eigenvalue weighted by atomic mass is 9.73. The first-order valence-electron chi connectivity index (χ1n) is 11.5. The van der Waals surface area contributed by atoms with Gasteiger partial charge in [-0.1, -0.05) is 17.7 Å². The summed E-state index contributed by atoms with van der Waals surface area (Å²) >= 11 is 0. The number of ether oxygens (including phenoxy) is 2. The van der Waals surface area contributed by atoms with Gasteiger partial charge < -0.3 is 25.4 Å². The van der Waals surface area contributed by atoms with E-state index >= 15 is 0 Å². The first-order valence-corrected chi connectivity index (χ1v) is 11.5. The van der Waals surface area contributed by atoms with Crippen LogP contribution in [-0.2, 0) is 14.9 Å². The van der Waals surface area contributed by atoms with Gasteiger partial charge in [-0.2, -0.15) is 0 Å². The summed E-state index contributed by atoms with van der Waals surface area (Å²) in [5, 5.41) is 3.47. The van der Waals surface area contributed by atoms with E-state index in [4.69, 9.17) is 20.2 Å². The minimum Gasteiger partial charge on any atom is -0.496 e. The van der Waals surface area contributed by atoms with Crippen molar-refractivity contribution >= 4 is 35.8 Å². The maximum atomic E-state index is 11.4. The molecule has 1 aromatic rings. The van der Waals surface area contributed by atoms with Gasteiger partial charge in [0, 0.05) is 50.2 Å². The number of nitrogens with one attached hydrogen (secondary N) is 1. The molecule has 3 rings (SSSR count). The maximum absolute atomic E-state index is 11.4. The topological polar surface area (TPSA) is 89.2 Å². The van der Waals surface area contributed by atoms with Crippen molar-refractivity contribution in [1.29, 1.82) is 0 Å². The van der Waals surface area contributed by atoms with Crippen LogP contribution in [0, 0.1) is 12.8 Å². The molecule has 180 valence electrons. The van der Waals surface area contributed by atoms with Crippen molar-refractivity contribution in [3.8, 4) is 5.75 Å². The number of rotatable bonds is 7. The molecule has 1 unspecified atom stereocenters. The summed E-state index contributed by atoms with van der Waals surface area (Å²) in [6.07, 6.45) is 4.37. The van der Waals surface area contributed by atoms with Gasteiger partial charge in [-0.15, -0.1) is 24.0 Å². The lowest BCUT2D eigenvalue weighted by Gasteiger charge is -2.39. The minimum atomic E-state index is -0.221. The van der Waals surface area contributed by atoms with Crippen LogP contribution in [0.1, 0.15) is 50.2 Å². The molecule has 1 atom stereocenters. The number of benzene rings is 1. The Kier molecular flexibility index (Phi) is 10.5. The van der Waals surface area contributed by atoms with E-state index in [2.05, 4.69) is 42.3 Å². The normalized spacial score (nSPS) is 20.9. The zero-order valence-electron chi connectivity index (χ0n) is 19.7. The monoisotopic (exact) mass is 558 g/mol. The third-order valence-corrected chi connectivity index (χ3v) is 6.55. The van der Waals surface area contributed by atoms with Crippen molar-refractivity contribution in [2.75, 3.05) is 46.5 Å². The number of halogens is 1. The Balaban J connectivity index is 0.00000363. The Bertz CT molecular complexity index is 781. The molecule has 1 amide bonds. The Morgan fingerprint density at radius 1 is 1.38 bits per heavy atom. The van der Waals surface area contributed by atoms with Crippen LogP contribution in [-0.4, -0.2) is 63.3 Å². The second kappa shape index (κ2) is 12.6. The zero-order chi connectivity index (χ0) is 22.3. The predicted octanol–water partition coefficient (Wildman–Crippen LogP) is 3.22. The summed E-state index contributed by atoms with van der Waals surface area (Å²) < 4.78 is 11.5. The number of methoxy groups -OCH3 is 1. The number of hydrogen-bond donors (Lipinski definition) is 2. The van der Waals surface area contributed by atoms with Crippen LogP contribution in [0.5, 0.6) is 5.75 Å². The fourth-order valence-electron chi connectivity index (χ4n) is 4.87. The Labute approximate surface area is 209 Å². The first-order chi connectivity index (χ1) is 15.0. The Hall–Kier alpha value is -1.55. The van der Waals surface area contributed by atoms with Crippen molar-refractivity contribution in [2.24, 2.45) is 16.6 Å². The zero-order valence-corrected chi connectivity index (χ0v) is 22.0. The van der Waals surface area contributed by atoms with Gasteiger partial charge in [0.15, 0.2) is 5.96 Å². The van der Waals surface area contributed by atoms with Gasteiger partial charge in [-0.25, -0.2) is 0 Å². The Morgan fingerprint density at radius 3 is 2.78 bits per heavy atom. The quantitative estimate of drug-likeness (QED) is 0.305. The fourth-order valence-corrected chi connectivity index (χ4v) is 4.87. The van der Waals surface area contributed by atoms with Crippen LogP contribution >= 0.6 is 24.0 Å². The number of piperidine rings is 1. The van der Waals surface area contributed by atoms with Crippen LogP contribution in [0.2, 0.25) is 0 Å². The van der Waals surface area contributed by atoms with Gasteiger partial charge in [0.2, 0.25) is 5.91 Å². The van der Waals surface area contributed by atoms with E-state index < -0.39 is 0 Å². The number of nitrogens with zero attached hydrogens (tertiary/aromatic N) is 2. The molecule has 0 spiro atoms. The molecule has 0 aliphatic carbocycles. The third kappa shape index (κ3) is 6.73. The summed E-state index contributed by atoms with van der Waals surface area (Å²) in [4.78, 5) is 18.8. The number of aryl methyl sites for hydroxylation is 1. The largest absolute Gasteiger partial charge is 0.496 e. The number of amides is 1. The standard InChI is InChI=1S/C24H38N4O3.HI/c1-4-26-23(28-11-5-6-19(16-28)15-22(25)29)27-17-24(9-12-31-13-10-24)20-14-18(2)7-8-21(20)30-3;/h7-8,14,19H,4-6,9-13,15-17H2,1-3H3,(H2,25,29)(H,26,27);1H. The van der Waals surface area contributed by atoms with E-state index in [0.29, 0.717) is 18.9 Å². The highest BCUT2D eigenvalue weighted by Gasteiger charge is 2.37. The van der Waals surface area contributed by atoms with E-state index in [0.717, 1.165) is 70.2 Å². The highest BCUT2D eigenvalue weighted by Crippen LogP contribution is 2.40. The van der Waals surface area contributed by atoms with Crippen LogP contribution in [0.3, 0.4) is 0 Å². The fraction of sp³-hybridized carbons (Fsp3) is 0.667. The summed E-state index contributed by atoms with van der Waals surface area (Å²) in [6.45, 7) is 8.92. The Morgan fingerprint density at radius 2 is 2.12 bits per heavy atom. The highest BCUT2D eigenvalue weighted by molar-refractivity contribution is 14.0. The van der Waals surface area contributed by atoms with Crippen molar-refractivity contribution in [1.82, 2.24) is 10.2 Å². The van der Waals surface area contributed by atoms with E-state index in [1.54, 1.807) is 7.11 Å². The van der Waals surface area contributed by atoms with Crippen LogP contribution in [0.15, 0.2) is 23.2 Å². The van der Waals surface area contributed by atoms with Crippen molar-refractivity contribution in [3.63, 3.8) is 0 Å². The number of nitrogens with two attached hydrogens (primary N) is 1. The number of aliphatic imine (C=N–C) groups is 1. The van der Waals surface area contributed by atoms with E-state index in [1.165, 1.54) is 11.1 Å². The lowest BCUT2D eigenvalue weighted by Crippen LogP contribution is -2.48. The average molecular weight is 559 g/mol. The highest BCUT2D eigenvalue weighted by atomic mass is 127. The molecule has 2 heterocycles. The summed E-state index contributed by atoms with van der Waals surface area (Å²) in [5.74, 6) is 1.92. The van der Waals surface area contributed by atoms with Gasteiger partial charge in [-0.05, 0) is 51.5 Å². The van der Waals surface area contributed by atoms with Crippen LogP contribution in [0.4, 0.5) is 0 Å². The van der Waals surface area contributed by atoms with Crippen LogP contribution in [0.25, 0.3) is 0 Å². The molecule has 3 N–H and O–H groups in total. The second-order valence-electron chi connectivity index (χ2n) is 8.89. The summed E-state index contributed by atoms with van der Waals surface area (Å²) in [7, 11) is 1.74. The van der Waals surface area contributed by atoms with Gasteiger partial charge in [0.25, 0.3) is 0 Å². The molecule has 2 aliphatic heterocycles. The SMILES string of the molecule is CCNC(=NCC1(c2cc(C)ccc2OC)CCOCC1)N1CCCC(CC(N)=O)C1.I. The minimum absolute atomic E-state index is 0. The van der Waals surface area contributed by atoms with E-state index in [-0.39, 0.29) is 35.3 Å². The molecule has 0 aromatic heterocycles. The summed E-state index contributed by atoms with van der Waals surface area (Å²) in [5.41, 5.74) is 7.79. The number of guanidine groups is 1. The number of likely N-dealkylation sites (tertiary alicyclic amines) is 1. The number of carbonyl (C=O) groups excluding carboxylic acids is 1. The average Bonchev–Trinajstić information content (AvgIpc) is 2.77. The molecule has 7 nitrogen and oxygen atoms in total. The third-order valence-electron chi connectivity index (χ3n) is 6.55. The predicted molar refractivity (Wildman–Crippen MR) is 139 cm³/mol. The number of primary amides is 1. The first kappa shape index (κ1) is 26.7. The molecule has 0 saturated carbocycles. The molecular formula is C24H39IN4O3. The number of carbonyl (C=O) groups is 1. The van der Waals surface area contributed by atoms with Crippen molar-refractivity contribution in [2.45, 2.75) is 51.4 Å². The molecule has 2 fully saturated rings. The molecule has 0 radical (unpaired) electrons. The molecule has 8 heteroatoms. The molecule has 32 heavy (non-hydrogen) atoms. The summed E-state index contributed by atoms with van der Waals surface area (Å²) in [6, 6.07) is 6.40. The van der Waals surface area contributed by atoms with Gasteiger partial charge in [0.05, 0.1) is 13.7 Å². The lowest BCUT2D eigenvalue weighted by molar-refractivity contribution is -0.119. The van der Waals surface area contributed by atoms with E-state index in [9.17, 15) is 4.79 Å². The molecule has 1 aromatic carbocycles. The van der Waals surface area contributed by atoms with Gasteiger partial charge >= 0.3 is 0 Å². The van der Waals surface area contributed by atoms with Crippen LogP contribution < -0.4 is 15.8 Å². The van der Waals surface area contributed by atoms with Gasteiger partial charge in [-0.3, -0.25) is 9.79 Å². The smallest absolute Gasteiger partial charge is 0.217 e. The number of hydrogen-bond acceptors (Lipinski definition) is 4.